The van der Waals surface area contributed by atoms with Crippen molar-refractivity contribution in [1.29, 1.82) is 0 Å². The van der Waals surface area contributed by atoms with Crippen LogP contribution in [0.25, 0.3) is 110 Å². The SMILES string of the molecule is CCc1nc2ccccc2n1-c1cccc(-c2c(-c3cccc(-n4c(CC)nc5ccccc54)c3)c(-c3ccccc3)c3c4ccccc4c4ccccc4c3c2-c2ccccc2)c1. The topological polar surface area (TPSA) is 35.6 Å². The lowest BCUT2D eigenvalue weighted by molar-refractivity contribution is 0.908. The van der Waals surface area contributed by atoms with Crippen molar-refractivity contribution in [2.24, 2.45) is 0 Å². The van der Waals surface area contributed by atoms with Crippen molar-refractivity contribution >= 4 is 54.4 Å². The van der Waals surface area contributed by atoms with Crippen molar-refractivity contribution in [2.45, 2.75) is 26.7 Å². The first-order chi connectivity index (χ1) is 31.7. The van der Waals surface area contributed by atoms with E-state index < -0.39 is 0 Å². The predicted molar refractivity (Wildman–Crippen MR) is 269 cm³/mol. The Bertz CT molecular complexity index is 3500. The molecule has 2 aromatic heterocycles. The number of fused-ring (bicyclic) bond motifs is 8. The second-order valence-electron chi connectivity index (χ2n) is 16.6. The monoisotopic (exact) mass is 820 g/mol. The van der Waals surface area contributed by atoms with Gasteiger partial charge in [0, 0.05) is 24.2 Å². The summed E-state index contributed by atoms with van der Waals surface area (Å²) in [5, 5.41) is 7.44. The van der Waals surface area contributed by atoms with Gasteiger partial charge >= 0.3 is 0 Å². The summed E-state index contributed by atoms with van der Waals surface area (Å²) < 4.78 is 4.69. The van der Waals surface area contributed by atoms with Crippen LogP contribution in [0.5, 0.6) is 0 Å². The van der Waals surface area contributed by atoms with E-state index in [1.165, 1.54) is 65.7 Å². The molecule has 0 fully saturated rings. The number of rotatable bonds is 8. The second-order valence-corrected chi connectivity index (χ2v) is 16.6. The summed E-state index contributed by atoms with van der Waals surface area (Å²) in [4.78, 5) is 10.2. The molecule has 0 unspecified atom stereocenters. The molecule has 12 aromatic rings. The molecule has 0 radical (unpaired) electrons. The maximum Gasteiger partial charge on any atom is 0.114 e. The van der Waals surface area contributed by atoms with Gasteiger partial charge in [-0.1, -0.05) is 172 Å². The summed E-state index contributed by atoms with van der Waals surface area (Å²) in [6, 6.07) is 75.4. The molecule has 64 heavy (non-hydrogen) atoms. The van der Waals surface area contributed by atoms with Crippen LogP contribution >= 0.6 is 0 Å². The molecule has 10 aromatic carbocycles. The van der Waals surface area contributed by atoms with Crippen LogP contribution in [0.3, 0.4) is 0 Å². The number of hydrogen-bond donors (Lipinski definition) is 0. The number of hydrogen-bond acceptors (Lipinski definition) is 2. The van der Waals surface area contributed by atoms with Crippen LogP contribution in [-0.2, 0) is 12.8 Å². The van der Waals surface area contributed by atoms with E-state index in [0.29, 0.717) is 0 Å². The molecule has 2 heterocycles. The van der Waals surface area contributed by atoms with Gasteiger partial charge in [-0.15, -0.1) is 0 Å². The summed E-state index contributed by atoms with van der Waals surface area (Å²) in [6.45, 7) is 4.39. The van der Waals surface area contributed by atoms with Gasteiger partial charge in [-0.25, -0.2) is 9.97 Å². The molecule has 0 amide bonds. The molecule has 0 aliphatic carbocycles. The van der Waals surface area contributed by atoms with E-state index in [1.54, 1.807) is 0 Å². The Kier molecular flexibility index (Phi) is 9.05. The average molecular weight is 821 g/mol. The highest BCUT2D eigenvalue weighted by atomic mass is 15.1. The third-order valence-corrected chi connectivity index (χ3v) is 13.0. The van der Waals surface area contributed by atoms with Crippen LogP contribution in [0, 0.1) is 0 Å². The van der Waals surface area contributed by atoms with Crippen LogP contribution in [0.1, 0.15) is 25.5 Å². The van der Waals surface area contributed by atoms with E-state index in [-0.39, 0.29) is 0 Å². The molecule has 0 N–H and O–H groups in total. The molecule has 304 valence electrons. The Morgan fingerprint density at radius 3 is 1.11 bits per heavy atom. The summed E-state index contributed by atoms with van der Waals surface area (Å²) >= 11 is 0. The van der Waals surface area contributed by atoms with E-state index in [9.17, 15) is 0 Å². The normalized spacial score (nSPS) is 11.7. The number of para-hydroxylation sites is 4. The molecule has 0 aliphatic heterocycles. The smallest absolute Gasteiger partial charge is 0.114 e. The Labute approximate surface area is 372 Å². The molecule has 0 saturated heterocycles. The van der Waals surface area contributed by atoms with E-state index in [1.807, 2.05) is 0 Å². The maximum atomic E-state index is 5.12. The van der Waals surface area contributed by atoms with Gasteiger partial charge in [-0.2, -0.15) is 0 Å². The molecule has 4 heteroatoms. The van der Waals surface area contributed by atoms with E-state index in [0.717, 1.165) is 69.1 Å². The first-order valence-corrected chi connectivity index (χ1v) is 22.4. The zero-order chi connectivity index (χ0) is 42.7. The van der Waals surface area contributed by atoms with Gasteiger partial charge in [0.25, 0.3) is 0 Å². The van der Waals surface area contributed by atoms with Crippen molar-refractivity contribution in [3.8, 4) is 55.9 Å². The molecule has 12 rings (SSSR count). The summed E-state index contributed by atoms with van der Waals surface area (Å²) in [7, 11) is 0. The standard InChI is InChI=1S/C60H44N4/c1-3-53-61-49-33-15-17-35-51(49)63(53)43-27-19-25-41(37-43)57-55(39-21-7-5-8-22-39)59-47-31-13-11-29-45(47)46-30-12-14-32-48(46)60(59)56(40-23-9-6-10-24-40)58(57)42-26-20-28-44(38-42)64-52-36-18-16-34-50(52)62-54(64)4-2/h5-38H,3-4H2,1-2H3. The molecular weight excluding hydrogens is 777 g/mol. The van der Waals surface area contributed by atoms with Crippen LogP contribution in [0.2, 0.25) is 0 Å². The van der Waals surface area contributed by atoms with Crippen LogP contribution in [0.4, 0.5) is 0 Å². The van der Waals surface area contributed by atoms with Gasteiger partial charge in [-0.05, 0) is 125 Å². The van der Waals surface area contributed by atoms with Crippen molar-refractivity contribution in [1.82, 2.24) is 19.1 Å². The highest BCUT2D eigenvalue weighted by Crippen LogP contribution is 2.55. The molecule has 0 atom stereocenters. The van der Waals surface area contributed by atoms with Gasteiger partial charge < -0.3 is 0 Å². The lowest BCUT2D eigenvalue weighted by Crippen LogP contribution is -2.03. The fourth-order valence-electron chi connectivity index (χ4n) is 10.3. The van der Waals surface area contributed by atoms with E-state index >= 15 is 0 Å². The minimum Gasteiger partial charge on any atom is -0.296 e. The third kappa shape index (κ3) is 5.90. The summed E-state index contributed by atoms with van der Waals surface area (Å²) in [5.41, 5.74) is 15.8. The van der Waals surface area contributed by atoms with Crippen LogP contribution in [-0.4, -0.2) is 19.1 Å². The first kappa shape index (κ1) is 37.7. The fraction of sp³-hybridized carbons (Fsp3) is 0.0667. The molecule has 0 saturated carbocycles. The van der Waals surface area contributed by atoms with Crippen molar-refractivity contribution < 1.29 is 0 Å². The lowest BCUT2D eigenvalue weighted by atomic mass is 9.76. The largest absolute Gasteiger partial charge is 0.296 e. The fourth-order valence-corrected chi connectivity index (χ4v) is 10.3. The average Bonchev–Trinajstić information content (AvgIpc) is 3.95. The number of imidazole rings is 2. The molecule has 4 nitrogen and oxygen atoms in total. The van der Waals surface area contributed by atoms with E-state index in [2.05, 4.69) is 229 Å². The highest BCUT2D eigenvalue weighted by Gasteiger charge is 2.28. The Morgan fingerprint density at radius 1 is 0.328 bits per heavy atom. The van der Waals surface area contributed by atoms with Gasteiger partial charge in [0.2, 0.25) is 0 Å². The zero-order valence-electron chi connectivity index (χ0n) is 35.8. The van der Waals surface area contributed by atoms with Gasteiger partial charge in [-0.3, -0.25) is 9.13 Å². The van der Waals surface area contributed by atoms with Gasteiger partial charge in [0.05, 0.1) is 22.1 Å². The zero-order valence-corrected chi connectivity index (χ0v) is 35.8. The van der Waals surface area contributed by atoms with Crippen LogP contribution in [0.15, 0.2) is 206 Å². The molecule has 0 bridgehead atoms. The predicted octanol–water partition coefficient (Wildman–Crippen LogP) is 15.6. The van der Waals surface area contributed by atoms with Gasteiger partial charge in [0.15, 0.2) is 0 Å². The molecule has 0 aliphatic rings. The number of aryl methyl sites for hydroxylation is 2. The van der Waals surface area contributed by atoms with E-state index in [4.69, 9.17) is 9.97 Å². The van der Waals surface area contributed by atoms with Gasteiger partial charge in [0.1, 0.15) is 11.6 Å². The molecular formula is C60H44N4. The van der Waals surface area contributed by atoms with Crippen molar-refractivity contribution in [3.63, 3.8) is 0 Å². The Balaban J connectivity index is 1.31. The minimum absolute atomic E-state index is 0.808. The number of aromatic nitrogens is 4. The minimum atomic E-state index is 0.808. The third-order valence-electron chi connectivity index (χ3n) is 13.0. The van der Waals surface area contributed by atoms with Crippen molar-refractivity contribution in [3.05, 3.63) is 218 Å². The number of benzene rings is 10. The summed E-state index contributed by atoms with van der Waals surface area (Å²) in [5.74, 6) is 2.07. The molecule has 0 spiro atoms. The van der Waals surface area contributed by atoms with Crippen molar-refractivity contribution in [2.75, 3.05) is 0 Å². The lowest BCUT2D eigenvalue weighted by Gasteiger charge is -2.27. The first-order valence-electron chi connectivity index (χ1n) is 22.4. The quantitative estimate of drug-likeness (QED) is 0.143. The van der Waals surface area contributed by atoms with Crippen LogP contribution < -0.4 is 0 Å². The highest BCUT2D eigenvalue weighted by molar-refractivity contribution is 6.35. The second kappa shape index (κ2) is 15.4. The summed E-state index contributed by atoms with van der Waals surface area (Å²) in [6.07, 6.45) is 1.62. The number of nitrogens with zero attached hydrogens (tertiary/aromatic N) is 4. The maximum absolute atomic E-state index is 5.12. The Morgan fingerprint density at radius 2 is 0.688 bits per heavy atom. The Hall–Kier alpha value is -8.08.